The number of hydrogen-bond acceptors (Lipinski definition) is 8. The van der Waals surface area contributed by atoms with Crippen molar-refractivity contribution in [3.63, 3.8) is 0 Å². The fraction of sp³-hybridized carbons (Fsp3) is 0.800. The van der Waals surface area contributed by atoms with Crippen LogP contribution in [-0.4, -0.2) is 29.8 Å². The number of phosphoric ester groups is 1. The summed E-state index contributed by atoms with van der Waals surface area (Å²) in [7, 11) is -5.34. The molecule has 0 fully saturated rings. The van der Waals surface area contributed by atoms with Crippen molar-refractivity contribution in [2.24, 2.45) is 0 Å². The molecule has 0 saturated carbocycles. The molecule has 0 unspecified atom stereocenters. The Morgan fingerprint density at radius 1 is 1.30 bits per heavy atom. The van der Waals surface area contributed by atoms with Gasteiger partial charge in [0.1, 0.15) is 0 Å². The third-order valence-electron chi connectivity index (χ3n) is 2.40. The molecule has 118 valence electrons. The van der Waals surface area contributed by atoms with Gasteiger partial charge in [0.05, 0.1) is 25.9 Å². The van der Waals surface area contributed by atoms with Crippen LogP contribution in [0.15, 0.2) is 0 Å². The molecule has 8 nitrogen and oxygen atoms in total. The summed E-state index contributed by atoms with van der Waals surface area (Å²) in [6, 6.07) is -1.70. The van der Waals surface area contributed by atoms with Gasteiger partial charge >= 0.3 is 0 Å². The van der Waals surface area contributed by atoms with Crippen molar-refractivity contribution in [3.8, 4) is 0 Å². The standard InChI is InChI=1S/C10H20NO7PS/c1-7(18-19(15,16)17)9(10(13)14)11-8(12)5-3-2-4-6-20/h7,9,20H,2-6H2,1H3,(H,11,12)(H,13,14)(H2,15,16,17)/p-3/t7-,9+/m1/s1. The third-order valence-corrected chi connectivity index (χ3v) is 3.30. The number of thiol groups is 1. The van der Waals surface area contributed by atoms with E-state index in [1.165, 1.54) is 0 Å². The number of hydrogen-bond donors (Lipinski definition) is 2. The summed E-state index contributed by atoms with van der Waals surface area (Å²) >= 11 is 4.01. The van der Waals surface area contributed by atoms with Crippen LogP contribution in [-0.2, 0) is 18.7 Å². The predicted octanol–water partition coefficient (Wildman–Crippen LogP) is -2.05. The molecule has 0 aliphatic carbocycles. The van der Waals surface area contributed by atoms with Gasteiger partial charge in [-0.25, -0.2) is 0 Å². The number of nitrogens with one attached hydrogen (secondary N) is 1. The van der Waals surface area contributed by atoms with Gasteiger partial charge in [0.15, 0.2) is 0 Å². The molecule has 0 radical (unpaired) electrons. The van der Waals surface area contributed by atoms with Crippen molar-refractivity contribution in [2.45, 2.75) is 44.8 Å². The van der Waals surface area contributed by atoms with E-state index in [9.17, 15) is 29.0 Å². The van der Waals surface area contributed by atoms with Gasteiger partial charge < -0.3 is 34.1 Å². The van der Waals surface area contributed by atoms with Crippen LogP contribution in [0.3, 0.4) is 0 Å². The van der Waals surface area contributed by atoms with Crippen molar-refractivity contribution in [3.05, 3.63) is 0 Å². The first kappa shape index (κ1) is 19.4. The summed E-state index contributed by atoms with van der Waals surface area (Å²) in [6.07, 6.45) is 0.673. The van der Waals surface area contributed by atoms with Crippen LogP contribution in [0.4, 0.5) is 0 Å². The lowest BCUT2D eigenvalue weighted by Gasteiger charge is -2.35. The van der Waals surface area contributed by atoms with E-state index >= 15 is 0 Å². The van der Waals surface area contributed by atoms with Gasteiger partial charge in [0.2, 0.25) is 5.91 Å². The first-order valence-corrected chi connectivity index (χ1v) is 8.08. The molecule has 0 saturated heterocycles. The summed E-state index contributed by atoms with van der Waals surface area (Å²) in [5.74, 6) is -1.62. The van der Waals surface area contributed by atoms with Crippen molar-refractivity contribution >= 4 is 32.3 Å². The lowest BCUT2D eigenvalue weighted by Crippen LogP contribution is -2.54. The average molecular weight is 326 g/mol. The van der Waals surface area contributed by atoms with E-state index in [0.29, 0.717) is 12.2 Å². The SMILES string of the molecule is C[C@@H](OP(=O)([O-])[O-])[C@H](NC(=O)CCCCCS)C(=O)[O-]. The number of rotatable bonds is 10. The summed E-state index contributed by atoms with van der Waals surface area (Å²) in [5, 5.41) is 12.9. The highest BCUT2D eigenvalue weighted by Crippen LogP contribution is 2.28. The minimum atomic E-state index is -5.34. The highest BCUT2D eigenvalue weighted by molar-refractivity contribution is 7.80. The molecule has 1 N–H and O–H groups in total. The van der Waals surface area contributed by atoms with Crippen LogP contribution in [0.2, 0.25) is 0 Å². The molecule has 0 rings (SSSR count). The lowest BCUT2D eigenvalue weighted by molar-refractivity contribution is -0.346. The van der Waals surface area contributed by atoms with Gasteiger partial charge in [0.25, 0.3) is 0 Å². The third kappa shape index (κ3) is 9.33. The number of aliphatic carboxylic acids is 1. The Labute approximate surface area is 122 Å². The zero-order valence-electron chi connectivity index (χ0n) is 10.9. The van der Waals surface area contributed by atoms with E-state index in [0.717, 1.165) is 19.8 Å². The van der Waals surface area contributed by atoms with Crippen LogP contribution in [0, 0.1) is 0 Å². The minimum Gasteiger partial charge on any atom is -0.790 e. The number of carboxylic acids is 1. The number of carboxylic acid groups (broad SMARTS) is 1. The van der Waals surface area contributed by atoms with Gasteiger partial charge in [0, 0.05) is 6.42 Å². The number of carbonyl (C=O) groups is 2. The van der Waals surface area contributed by atoms with E-state index < -0.39 is 31.8 Å². The van der Waals surface area contributed by atoms with Gasteiger partial charge in [-0.1, -0.05) is 6.42 Å². The quantitative estimate of drug-likeness (QED) is 0.267. The van der Waals surface area contributed by atoms with Crippen molar-refractivity contribution < 1.29 is 33.6 Å². The van der Waals surface area contributed by atoms with Crippen LogP contribution in [0.1, 0.15) is 32.6 Å². The maximum absolute atomic E-state index is 11.5. The Bertz CT molecular complexity index is 373. The molecule has 0 aliphatic rings. The molecule has 0 aliphatic heterocycles. The molecule has 10 heteroatoms. The van der Waals surface area contributed by atoms with Gasteiger partial charge in [-0.05, 0) is 25.5 Å². The summed E-state index contributed by atoms with van der Waals surface area (Å²) in [6.45, 7) is 1.05. The molecule has 0 aromatic rings. The van der Waals surface area contributed by atoms with E-state index in [1.807, 2.05) is 0 Å². The minimum absolute atomic E-state index is 0.0800. The maximum atomic E-state index is 11.5. The molecule has 2 atom stereocenters. The van der Waals surface area contributed by atoms with Crippen LogP contribution < -0.4 is 20.2 Å². The zero-order valence-corrected chi connectivity index (χ0v) is 12.7. The molecule has 20 heavy (non-hydrogen) atoms. The monoisotopic (exact) mass is 326 g/mol. The average Bonchev–Trinajstić information content (AvgIpc) is 2.29. The molecule has 1 amide bonds. The Balaban J connectivity index is 4.36. The Hall–Kier alpha value is -0.600. The first-order valence-electron chi connectivity index (χ1n) is 5.99. The topological polar surface area (TPSA) is 142 Å². The second-order valence-corrected chi connectivity index (χ2v) is 5.71. The van der Waals surface area contributed by atoms with E-state index in [1.54, 1.807) is 0 Å². The Kier molecular flexibility index (Phi) is 9.08. The molecule has 0 bridgehead atoms. The molecule has 0 aromatic heterocycles. The fourth-order valence-electron chi connectivity index (χ4n) is 1.45. The summed E-state index contributed by atoms with van der Waals surface area (Å²) < 4.78 is 14.4. The lowest BCUT2D eigenvalue weighted by atomic mass is 10.1. The van der Waals surface area contributed by atoms with E-state index in [-0.39, 0.29) is 6.42 Å². The largest absolute Gasteiger partial charge is 0.790 e. The molecular weight excluding hydrogens is 309 g/mol. The predicted molar refractivity (Wildman–Crippen MR) is 67.4 cm³/mol. The van der Waals surface area contributed by atoms with Crippen LogP contribution >= 0.6 is 20.5 Å². The number of amides is 1. The number of phosphoric acid groups is 1. The maximum Gasteiger partial charge on any atom is 0.220 e. The number of carbonyl (C=O) groups excluding carboxylic acids is 2. The molecular formula is C10H17NO7PS-3. The highest BCUT2D eigenvalue weighted by Gasteiger charge is 2.22. The second-order valence-electron chi connectivity index (χ2n) is 4.16. The first-order chi connectivity index (χ1) is 9.17. The molecule has 0 aromatic carbocycles. The smallest absolute Gasteiger partial charge is 0.220 e. The van der Waals surface area contributed by atoms with E-state index in [4.69, 9.17) is 0 Å². The molecule has 0 spiro atoms. The van der Waals surface area contributed by atoms with Crippen molar-refractivity contribution in [2.75, 3.05) is 5.75 Å². The van der Waals surface area contributed by atoms with Gasteiger partial charge in [-0.2, -0.15) is 12.6 Å². The van der Waals surface area contributed by atoms with Crippen LogP contribution in [0.5, 0.6) is 0 Å². The van der Waals surface area contributed by atoms with Gasteiger partial charge in [-0.15, -0.1) is 0 Å². The Morgan fingerprint density at radius 3 is 2.35 bits per heavy atom. The number of unbranched alkanes of at least 4 members (excludes halogenated alkanes) is 2. The zero-order chi connectivity index (χ0) is 15.8. The summed E-state index contributed by atoms with van der Waals surface area (Å²) in [5.41, 5.74) is 0. The molecule has 0 heterocycles. The van der Waals surface area contributed by atoms with E-state index in [2.05, 4.69) is 22.5 Å². The van der Waals surface area contributed by atoms with Crippen molar-refractivity contribution in [1.29, 1.82) is 0 Å². The second kappa shape index (κ2) is 9.36. The highest BCUT2D eigenvalue weighted by atomic mass is 32.1. The normalized spacial score (nSPS) is 14.6. The fourth-order valence-corrected chi connectivity index (χ4v) is 2.20. The summed E-state index contributed by atoms with van der Waals surface area (Å²) in [4.78, 5) is 43.1. The van der Waals surface area contributed by atoms with Gasteiger partial charge in [-0.3, -0.25) is 4.79 Å². The van der Waals surface area contributed by atoms with Crippen LogP contribution in [0.25, 0.3) is 0 Å². The Morgan fingerprint density at radius 2 is 1.90 bits per heavy atom. The van der Waals surface area contributed by atoms with Crippen molar-refractivity contribution in [1.82, 2.24) is 5.32 Å².